The molecule has 0 aliphatic heterocycles. The van der Waals surface area contributed by atoms with Crippen LogP contribution in [0.3, 0.4) is 0 Å². The number of carbonyl (C=O) groups is 2. The zero-order valence-corrected chi connectivity index (χ0v) is 15.7. The van der Waals surface area contributed by atoms with Crippen molar-refractivity contribution in [3.8, 4) is 11.4 Å². The Morgan fingerprint density at radius 2 is 1.93 bits per heavy atom. The van der Waals surface area contributed by atoms with E-state index in [-0.39, 0.29) is 17.2 Å². The number of carboxylic acids is 1. The van der Waals surface area contributed by atoms with E-state index in [0.29, 0.717) is 10.8 Å². The molecule has 0 fully saturated rings. The first-order chi connectivity index (χ1) is 12.9. The molecule has 0 saturated carbocycles. The number of carboxylic acid groups (broad SMARTS) is 1. The predicted octanol–water partition coefficient (Wildman–Crippen LogP) is 3.22. The summed E-state index contributed by atoms with van der Waals surface area (Å²) in [4.78, 5) is 23.2. The Morgan fingerprint density at radius 1 is 1.15 bits per heavy atom. The maximum absolute atomic E-state index is 12.2. The smallest absolute Gasteiger partial charge is 0.335 e. The molecule has 0 unspecified atom stereocenters. The van der Waals surface area contributed by atoms with Crippen molar-refractivity contribution in [2.75, 3.05) is 11.1 Å². The molecule has 2 N–H and O–H groups in total. The Kier molecular flexibility index (Phi) is 5.56. The average Bonchev–Trinajstić information content (AvgIpc) is 3.01. The van der Waals surface area contributed by atoms with Crippen molar-refractivity contribution in [1.29, 1.82) is 0 Å². The second kappa shape index (κ2) is 8.05. The molecule has 7 nitrogen and oxygen atoms in total. The second-order valence-electron chi connectivity index (χ2n) is 5.96. The van der Waals surface area contributed by atoms with Crippen molar-refractivity contribution in [3.63, 3.8) is 0 Å². The predicted molar refractivity (Wildman–Crippen MR) is 104 cm³/mol. The lowest BCUT2D eigenvalue weighted by Gasteiger charge is -2.06. The van der Waals surface area contributed by atoms with Gasteiger partial charge in [0, 0.05) is 18.3 Å². The van der Waals surface area contributed by atoms with E-state index in [1.807, 2.05) is 42.8 Å². The van der Waals surface area contributed by atoms with Crippen LogP contribution in [0.4, 0.5) is 5.69 Å². The molecule has 0 spiro atoms. The molecule has 0 atom stereocenters. The maximum atomic E-state index is 12.2. The Morgan fingerprint density at radius 3 is 2.67 bits per heavy atom. The molecule has 1 amide bonds. The van der Waals surface area contributed by atoms with E-state index in [1.165, 1.54) is 23.9 Å². The van der Waals surface area contributed by atoms with E-state index >= 15 is 0 Å². The van der Waals surface area contributed by atoms with Crippen LogP contribution in [0.25, 0.3) is 11.4 Å². The van der Waals surface area contributed by atoms with Gasteiger partial charge in [-0.05, 0) is 31.2 Å². The van der Waals surface area contributed by atoms with Crippen LogP contribution in [0.5, 0.6) is 0 Å². The lowest BCUT2D eigenvalue weighted by atomic mass is 10.1. The van der Waals surface area contributed by atoms with Gasteiger partial charge < -0.3 is 15.0 Å². The van der Waals surface area contributed by atoms with Crippen molar-refractivity contribution in [3.05, 3.63) is 59.7 Å². The number of carbonyl (C=O) groups excluding carboxylic acids is 1. The fourth-order valence-electron chi connectivity index (χ4n) is 2.53. The minimum Gasteiger partial charge on any atom is -0.478 e. The summed E-state index contributed by atoms with van der Waals surface area (Å²) in [6.07, 6.45) is 0. The van der Waals surface area contributed by atoms with E-state index in [2.05, 4.69) is 15.5 Å². The highest BCUT2D eigenvalue weighted by Gasteiger charge is 2.13. The van der Waals surface area contributed by atoms with E-state index < -0.39 is 5.97 Å². The highest BCUT2D eigenvalue weighted by atomic mass is 32.2. The molecule has 1 heterocycles. The monoisotopic (exact) mass is 382 g/mol. The van der Waals surface area contributed by atoms with Gasteiger partial charge in [0.25, 0.3) is 0 Å². The van der Waals surface area contributed by atoms with Crippen molar-refractivity contribution in [2.45, 2.75) is 12.1 Å². The number of aryl methyl sites for hydroxylation is 1. The average molecular weight is 382 g/mol. The zero-order chi connectivity index (χ0) is 19.4. The summed E-state index contributed by atoms with van der Waals surface area (Å²) < 4.78 is 1.85. The Hall–Kier alpha value is -3.13. The van der Waals surface area contributed by atoms with Gasteiger partial charge in [0.2, 0.25) is 5.91 Å². The molecular formula is C19H18N4O3S. The van der Waals surface area contributed by atoms with Crippen LogP contribution < -0.4 is 5.32 Å². The van der Waals surface area contributed by atoms with Gasteiger partial charge in [-0.1, -0.05) is 41.6 Å². The molecule has 0 aliphatic carbocycles. The topological polar surface area (TPSA) is 97.1 Å². The first-order valence-corrected chi connectivity index (χ1v) is 9.15. The van der Waals surface area contributed by atoms with Crippen LogP contribution in [0, 0.1) is 6.92 Å². The van der Waals surface area contributed by atoms with Gasteiger partial charge in [-0.3, -0.25) is 4.79 Å². The third-order valence-corrected chi connectivity index (χ3v) is 4.86. The molecule has 1 aromatic heterocycles. The Bertz CT molecular complexity index is 1000. The second-order valence-corrected chi connectivity index (χ2v) is 6.90. The first-order valence-electron chi connectivity index (χ1n) is 8.16. The lowest BCUT2D eigenvalue weighted by Crippen LogP contribution is -2.15. The van der Waals surface area contributed by atoms with Gasteiger partial charge in [-0.25, -0.2) is 4.79 Å². The van der Waals surface area contributed by atoms with Crippen molar-refractivity contribution >= 4 is 29.3 Å². The van der Waals surface area contributed by atoms with Crippen LogP contribution in [-0.2, 0) is 11.8 Å². The molecule has 0 radical (unpaired) electrons. The lowest BCUT2D eigenvalue weighted by molar-refractivity contribution is -0.113. The normalized spacial score (nSPS) is 10.6. The van der Waals surface area contributed by atoms with E-state index in [1.54, 1.807) is 12.1 Å². The molecule has 27 heavy (non-hydrogen) atoms. The van der Waals surface area contributed by atoms with Crippen LogP contribution in [-0.4, -0.2) is 37.5 Å². The molecule has 3 aromatic rings. The quantitative estimate of drug-likeness (QED) is 0.636. The van der Waals surface area contributed by atoms with Gasteiger partial charge in [-0.2, -0.15) is 0 Å². The van der Waals surface area contributed by atoms with Crippen LogP contribution in [0.15, 0.2) is 53.7 Å². The molecule has 3 rings (SSSR count). The number of rotatable bonds is 6. The van der Waals surface area contributed by atoms with Gasteiger partial charge in [0.1, 0.15) is 0 Å². The fourth-order valence-corrected chi connectivity index (χ4v) is 3.24. The largest absolute Gasteiger partial charge is 0.478 e. The number of nitrogens with zero attached hydrogens (tertiary/aromatic N) is 3. The number of hydrogen-bond acceptors (Lipinski definition) is 5. The summed E-state index contributed by atoms with van der Waals surface area (Å²) in [5.74, 6) is -0.418. The SMILES string of the molecule is Cc1cccc(-c2nnc(SCC(=O)Nc3cccc(C(=O)O)c3)n2C)c1. The molecule has 8 heteroatoms. The minimum absolute atomic E-state index is 0.122. The van der Waals surface area contributed by atoms with Crippen molar-refractivity contribution < 1.29 is 14.7 Å². The summed E-state index contributed by atoms with van der Waals surface area (Å²) in [5.41, 5.74) is 2.66. The van der Waals surface area contributed by atoms with Gasteiger partial charge in [0.05, 0.1) is 11.3 Å². The third kappa shape index (κ3) is 4.53. The number of amides is 1. The number of benzene rings is 2. The molecule has 2 aromatic carbocycles. The third-order valence-electron chi connectivity index (χ3n) is 3.84. The Balaban J connectivity index is 1.64. The molecule has 0 aliphatic rings. The highest BCUT2D eigenvalue weighted by molar-refractivity contribution is 7.99. The molecule has 0 bridgehead atoms. The number of thioether (sulfide) groups is 1. The van der Waals surface area contributed by atoms with Crippen molar-refractivity contribution in [2.24, 2.45) is 7.05 Å². The number of aromatic nitrogens is 3. The van der Waals surface area contributed by atoms with E-state index in [9.17, 15) is 9.59 Å². The van der Waals surface area contributed by atoms with Gasteiger partial charge in [-0.15, -0.1) is 10.2 Å². The van der Waals surface area contributed by atoms with E-state index in [4.69, 9.17) is 5.11 Å². The summed E-state index contributed by atoms with van der Waals surface area (Å²) in [7, 11) is 1.86. The summed E-state index contributed by atoms with van der Waals surface area (Å²) in [6, 6.07) is 14.1. The van der Waals surface area contributed by atoms with Crippen LogP contribution in [0.2, 0.25) is 0 Å². The van der Waals surface area contributed by atoms with Gasteiger partial charge in [0.15, 0.2) is 11.0 Å². The van der Waals surface area contributed by atoms with Gasteiger partial charge >= 0.3 is 5.97 Å². The summed E-state index contributed by atoms with van der Waals surface area (Å²) in [6.45, 7) is 2.01. The summed E-state index contributed by atoms with van der Waals surface area (Å²) in [5, 5.41) is 20.7. The Labute approximate surface area is 160 Å². The summed E-state index contributed by atoms with van der Waals surface area (Å²) >= 11 is 1.27. The van der Waals surface area contributed by atoms with Crippen LogP contribution >= 0.6 is 11.8 Å². The van der Waals surface area contributed by atoms with Crippen LogP contribution in [0.1, 0.15) is 15.9 Å². The highest BCUT2D eigenvalue weighted by Crippen LogP contribution is 2.23. The zero-order valence-electron chi connectivity index (χ0n) is 14.8. The number of nitrogens with one attached hydrogen (secondary N) is 1. The molecule has 0 saturated heterocycles. The van der Waals surface area contributed by atoms with Crippen molar-refractivity contribution in [1.82, 2.24) is 14.8 Å². The number of hydrogen-bond donors (Lipinski definition) is 2. The minimum atomic E-state index is -1.04. The maximum Gasteiger partial charge on any atom is 0.335 e. The molecule has 138 valence electrons. The first kappa shape index (κ1) is 18.7. The van der Waals surface area contributed by atoms with E-state index in [0.717, 1.165) is 17.0 Å². The fraction of sp³-hybridized carbons (Fsp3) is 0.158. The number of anilines is 1. The molecular weight excluding hydrogens is 364 g/mol. The number of aromatic carboxylic acids is 1. The standard InChI is InChI=1S/C19H18N4O3S/c1-12-5-3-6-13(9-12)17-21-22-19(23(17)2)27-11-16(24)20-15-8-4-7-14(10-15)18(25)26/h3-10H,11H2,1-2H3,(H,20,24)(H,25,26).